The van der Waals surface area contributed by atoms with E-state index in [0.29, 0.717) is 5.95 Å². The molecule has 0 fully saturated rings. The number of aryl methyl sites for hydroxylation is 2. The van der Waals surface area contributed by atoms with Crippen molar-refractivity contribution in [1.29, 1.82) is 0 Å². The average molecular weight is 243 g/mol. The smallest absolute Gasteiger partial charge is 0.242 e. The molecule has 5 heteroatoms. The number of nitrogens with zero attached hydrogens (tertiary/aromatic N) is 3. The zero-order chi connectivity index (χ0) is 11.8. The highest BCUT2D eigenvalue weighted by Gasteiger charge is 1.99. The minimum atomic E-state index is 0.625. The first kappa shape index (κ1) is 13.2. The standard InChI is InChI=1S/C11H19ClN4/c1-9-10(2)15-16-11(14-9)13-8-6-4-3-5-7-12/h3-8H2,1-2H3,(H,13,14,16). The van der Waals surface area contributed by atoms with Gasteiger partial charge in [-0.2, -0.15) is 5.10 Å². The van der Waals surface area contributed by atoms with Crippen molar-refractivity contribution in [1.82, 2.24) is 15.2 Å². The molecule has 90 valence electrons. The van der Waals surface area contributed by atoms with Crippen molar-refractivity contribution in [2.75, 3.05) is 17.7 Å². The summed E-state index contributed by atoms with van der Waals surface area (Å²) in [6.45, 7) is 4.74. The molecule has 0 bridgehead atoms. The molecule has 1 heterocycles. The second kappa shape index (κ2) is 7.39. The van der Waals surface area contributed by atoms with Crippen molar-refractivity contribution in [3.63, 3.8) is 0 Å². The molecular weight excluding hydrogens is 224 g/mol. The molecule has 0 aromatic carbocycles. The summed E-state index contributed by atoms with van der Waals surface area (Å²) in [5.74, 6) is 1.39. The number of hydrogen-bond acceptors (Lipinski definition) is 4. The van der Waals surface area contributed by atoms with E-state index >= 15 is 0 Å². The minimum absolute atomic E-state index is 0.625. The lowest BCUT2D eigenvalue weighted by Crippen LogP contribution is -2.08. The summed E-state index contributed by atoms with van der Waals surface area (Å²) in [5.41, 5.74) is 1.81. The Morgan fingerprint density at radius 2 is 1.75 bits per heavy atom. The third-order valence-electron chi connectivity index (χ3n) is 2.44. The number of halogens is 1. The Hall–Kier alpha value is -0.900. The highest BCUT2D eigenvalue weighted by Crippen LogP contribution is 2.04. The van der Waals surface area contributed by atoms with Gasteiger partial charge >= 0.3 is 0 Å². The van der Waals surface area contributed by atoms with E-state index < -0.39 is 0 Å². The molecule has 0 aliphatic carbocycles. The van der Waals surface area contributed by atoms with Crippen LogP contribution in [0.4, 0.5) is 5.95 Å². The van der Waals surface area contributed by atoms with Crippen LogP contribution >= 0.6 is 11.6 Å². The van der Waals surface area contributed by atoms with Gasteiger partial charge in [0.15, 0.2) is 0 Å². The van der Waals surface area contributed by atoms with Crippen LogP contribution in [0.5, 0.6) is 0 Å². The van der Waals surface area contributed by atoms with Crippen LogP contribution in [-0.4, -0.2) is 27.6 Å². The van der Waals surface area contributed by atoms with Crippen LogP contribution in [0.2, 0.25) is 0 Å². The van der Waals surface area contributed by atoms with Gasteiger partial charge < -0.3 is 5.32 Å². The summed E-state index contributed by atoms with van der Waals surface area (Å²) in [6, 6.07) is 0. The first-order valence-electron chi connectivity index (χ1n) is 5.72. The van der Waals surface area contributed by atoms with Gasteiger partial charge in [-0.05, 0) is 26.7 Å². The van der Waals surface area contributed by atoms with Gasteiger partial charge in [0.1, 0.15) is 0 Å². The second-order valence-electron chi connectivity index (χ2n) is 3.84. The van der Waals surface area contributed by atoms with E-state index in [1.54, 1.807) is 0 Å². The first-order valence-corrected chi connectivity index (χ1v) is 6.25. The van der Waals surface area contributed by atoms with E-state index in [9.17, 15) is 0 Å². The highest BCUT2D eigenvalue weighted by atomic mass is 35.5. The SMILES string of the molecule is Cc1nnc(NCCCCCCCl)nc1C. The Bertz CT molecular complexity index is 317. The Morgan fingerprint density at radius 1 is 1.00 bits per heavy atom. The summed E-state index contributed by atoms with van der Waals surface area (Å²) in [6.07, 6.45) is 4.60. The Kier molecular flexibility index (Phi) is 6.08. The van der Waals surface area contributed by atoms with Gasteiger partial charge in [0.25, 0.3) is 0 Å². The van der Waals surface area contributed by atoms with E-state index in [0.717, 1.165) is 36.7 Å². The normalized spacial score (nSPS) is 10.4. The van der Waals surface area contributed by atoms with Gasteiger partial charge in [-0.25, -0.2) is 4.98 Å². The summed E-state index contributed by atoms with van der Waals surface area (Å²) >= 11 is 5.60. The van der Waals surface area contributed by atoms with E-state index in [4.69, 9.17) is 11.6 Å². The quantitative estimate of drug-likeness (QED) is 0.590. The Balaban J connectivity index is 2.19. The summed E-state index contributed by atoms with van der Waals surface area (Å²) < 4.78 is 0. The molecule has 1 N–H and O–H groups in total. The maximum absolute atomic E-state index is 5.60. The third-order valence-corrected chi connectivity index (χ3v) is 2.70. The van der Waals surface area contributed by atoms with Gasteiger partial charge in [0.2, 0.25) is 5.95 Å². The minimum Gasteiger partial charge on any atom is -0.353 e. The van der Waals surface area contributed by atoms with E-state index in [1.165, 1.54) is 12.8 Å². The number of nitrogens with one attached hydrogen (secondary N) is 1. The highest BCUT2D eigenvalue weighted by molar-refractivity contribution is 6.17. The Morgan fingerprint density at radius 3 is 2.44 bits per heavy atom. The molecule has 0 saturated carbocycles. The first-order chi connectivity index (χ1) is 7.74. The van der Waals surface area contributed by atoms with Crippen molar-refractivity contribution >= 4 is 17.5 Å². The molecule has 0 saturated heterocycles. The van der Waals surface area contributed by atoms with Gasteiger partial charge in [-0.15, -0.1) is 16.7 Å². The number of unbranched alkanes of at least 4 members (excludes halogenated alkanes) is 3. The summed E-state index contributed by atoms with van der Waals surface area (Å²) in [7, 11) is 0. The zero-order valence-electron chi connectivity index (χ0n) is 9.96. The van der Waals surface area contributed by atoms with Crippen LogP contribution < -0.4 is 5.32 Å². The summed E-state index contributed by atoms with van der Waals surface area (Å²) in [5, 5.41) is 11.2. The largest absolute Gasteiger partial charge is 0.353 e. The van der Waals surface area contributed by atoms with Crippen LogP contribution in [0, 0.1) is 13.8 Å². The molecule has 1 rings (SSSR count). The molecule has 16 heavy (non-hydrogen) atoms. The van der Waals surface area contributed by atoms with E-state index in [-0.39, 0.29) is 0 Å². The lowest BCUT2D eigenvalue weighted by molar-refractivity contribution is 0.684. The predicted octanol–water partition coefficient (Wildman–Crippen LogP) is 2.70. The number of hydrogen-bond donors (Lipinski definition) is 1. The van der Waals surface area contributed by atoms with Gasteiger partial charge in [-0.1, -0.05) is 12.8 Å². The summed E-state index contributed by atoms with van der Waals surface area (Å²) in [4.78, 5) is 4.30. The number of anilines is 1. The maximum Gasteiger partial charge on any atom is 0.242 e. The predicted molar refractivity (Wildman–Crippen MR) is 67.0 cm³/mol. The van der Waals surface area contributed by atoms with Crippen molar-refractivity contribution in [3.05, 3.63) is 11.4 Å². The molecule has 1 aromatic rings. The molecular formula is C11H19ClN4. The topological polar surface area (TPSA) is 50.7 Å². The Labute approximate surface area is 102 Å². The van der Waals surface area contributed by atoms with Crippen LogP contribution in [0.1, 0.15) is 37.1 Å². The molecule has 0 aliphatic heterocycles. The fourth-order valence-corrected chi connectivity index (χ4v) is 1.49. The monoisotopic (exact) mass is 242 g/mol. The van der Waals surface area contributed by atoms with Crippen LogP contribution in [0.3, 0.4) is 0 Å². The molecule has 0 radical (unpaired) electrons. The lowest BCUT2D eigenvalue weighted by atomic mass is 10.2. The molecule has 0 unspecified atom stereocenters. The van der Waals surface area contributed by atoms with Crippen molar-refractivity contribution in [2.45, 2.75) is 39.5 Å². The molecule has 0 atom stereocenters. The van der Waals surface area contributed by atoms with E-state index in [1.807, 2.05) is 13.8 Å². The molecule has 0 spiro atoms. The van der Waals surface area contributed by atoms with Gasteiger partial charge in [-0.3, -0.25) is 0 Å². The van der Waals surface area contributed by atoms with Gasteiger partial charge in [0.05, 0.1) is 11.4 Å². The molecule has 1 aromatic heterocycles. The number of rotatable bonds is 7. The lowest BCUT2D eigenvalue weighted by Gasteiger charge is -2.05. The van der Waals surface area contributed by atoms with Gasteiger partial charge in [0, 0.05) is 12.4 Å². The molecule has 0 amide bonds. The number of alkyl halides is 1. The van der Waals surface area contributed by atoms with Crippen LogP contribution in [-0.2, 0) is 0 Å². The second-order valence-corrected chi connectivity index (χ2v) is 4.21. The number of aromatic nitrogens is 3. The van der Waals surface area contributed by atoms with E-state index in [2.05, 4.69) is 20.5 Å². The van der Waals surface area contributed by atoms with Crippen LogP contribution in [0.15, 0.2) is 0 Å². The molecule has 0 aliphatic rings. The average Bonchev–Trinajstić information content (AvgIpc) is 2.28. The van der Waals surface area contributed by atoms with Crippen LogP contribution in [0.25, 0.3) is 0 Å². The zero-order valence-corrected chi connectivity index (χ0v) is 10.7. The van der Waals surface area contributed by atoms with Crippen molar-refractivity contribution in [2.24, 2.45) is 0 Å². The fraction of sp³-hybridized carbons (Fsp3) is 0.727. The maximum atomic E-state index is 5.60. The fourth-order valence-electron chi connectivity index (χ4n) is 1.30. The van der Waals surface area contributed by atoms with Crippen molar-refractivity contribution < 1.29 is 0 Å². The van der Waals surface area contributed by atoms with Crippen molar-refractivity contribution in [3.8, 4) is 0 Å². The molecule has 4 nitrogen and oxygen atoms in total. The third kappa shape index (κ3) is 4.75.